The average molecular weight is 331 g/mol. The van der Waals surface area contributed by atoms with Gasteiger partial charge in [-0.3, -0.25) is 4.90 Å². The lowest BCUT2D eigenvalue weighted by Crippen LogP contribution is -2.60. The molecule has 0 aromatic heterocycles. The van der Waals surface area contributed by atoms with Crippen molar-refractivity contribution >= 4 is 22.9 Å². The maximum atomic E-state index is 8.76. The van der Waals surface area contributed by atoms with Crippen LogP contribution in [-0.2, 0) is 0 Å². The third kappa shape index (κ3) is 1.87. The first-order valence-corrected chi connectivity index (χ1v) is 7.22. The summed E-state index contributed by atoms with van der Waals surface area (Å²) in [5.41, 5.74) is 0.685. The number of hydrogen-bond donors (Lipinski definition) is 0. The smallest absolute Gasteiger partial charge is 0.0717 e. The third-order valence-electron chi connectivity index (χ3n) is 4.72. The van der Waals surface area contributed by atoms with Crippen LogP contribution < -0.4 is 0 Å². The van der Waals surface area contributed by atoms with Gasteiger partial charge in [-0.15, -0.1) is 0 Å². The Hall–Kier alpha value is 0.140. The Labute approximate surface area is 111 Å². The molecule has 1 saturated carbocycles. The fourth-order valence-corrected chi connectivity index (χ4v) is 3.94. The van der Waals surface area contributed by atoms with Gasteiger partial charge in [-0.2, -0.15) is 5.26 Å². The van der Waals surface area contributed by atoms with E-state index in [1.807, 2.05) is 0 Å². The number of rotatable bonds is 1. The van der Waals surface area contributed by atoms with Gasteiger partial charge >= 0.3 is 0 Å². The van der Waals surface area contributed by atoms with Crippen LogP contribution in [-0.4, -0.2) is 40.2 Å². The van der Waals surface area contributed by atoms with Gasteiger partial charge in [-0.1, -0.05) is 0 Å². The van der Waals surface area contributed by atoms with Gasteiger partial charge in [0.15, 0.2) is 0 Å². The van der Waals surface area contributed by atoms with Crippen LogP contribution in [0.3, 0.4) is 0 Å². The molecule has 2 heterocycles. The molecular formula is C12H18IN3. The molecule has 1 aliphatic carbocycles. The molecule has 0 unspecified atom stereocenters. The first kappa shape index (κ1) is 11.2. The van der Waals surface area contributed by atoms with Crippen LogP contribution in [0.5, 0.6) is 0 Å². The molecule has 1 spiro atoms. The van der Waals surface area contributed by atoms with Crippen molar-refractivity contribution in [3.05, 3.63) is 0 Å². The second kappa shape index (κ2) is 4.11. The molecule has 3 nitrogen and oxygen atoms in total. The number of piperidine rings is 1. The van der Waals surface area contributed by atoms with Crippen molar-refractivity contribution in [3.63, 3.8) is 0 Å². The Morgan fingerprint density at radius 2 is 1.81 bits per heavy atom. The Morgan fingerprint density at radius 1 is 1.19 bits per heavy atom. The van der Waals surface area contributed by atoms with Gasteiger partial charge in [-0.25, -0.2) is 3.11 Å². The summed E-state index contributed by atoms with van der Waals surface area (Å²) in [6.45, 7) is 4.62. The number of likely N-dealkylation sites (tertiary alicyclic amines) is 1. The maximum Gasteiger partial charge on any atom is 0.0717 e. The third-order valence-corrected chi connectivity index (χ3v) is 5.68. The van der Waals surface area contributed by atoms with Gasteiger partial charge in [0.1, 0.15) is 0 Å². The lowest BCUT2D eigenvalue weighted by Gasteiger charge is -2.57. The summed E-state index contributed by atoms with van der Waals surface area (Å²) in [5.74, 6) is 0.327. The van der Waals surface area contributed by atoms with Crippen LogP contribution in [0.15, 0.2) is 0 Å². The first-order chi connectivity index (χ1) is 7.71. The SMILES string of the molecule is N#CC1CN(C2CC3(CCN(I)CC3)C2)C1. The molecule has 0 aromatic carbocycles. The highest BCUT2D eigenvalue weighted by atomic mass is 127. The van der Waals surface area contributed by atoms with Crippen molar-refractivity contribution in [2.75, 3.05) is 26.2 Å². The van der Waals surface area contributed by atoms with Gasteiger partial charge in [0.05, 0.1) is 12.0 Å². The molecule has 88 valence electrons. The van der Waals surface area contributed by atoms with E-state index < -0.39 is 0 Å². The number of hydrogen-bond acceptors (Lipinski definition) is 3. The number of halogens is 1. The maximum absolute atomic E-state index is 8.76. The Kier molecular flexibility index (Phi) is 2.89. The van der Waals surface area contributed by atoms with E-state index >= 15 is 0 Å². The lowest BCUT2D eigenvalue weighted by atomic mass is 9.59. The molecule has 0 radical (unpaired) electrons. The first-order valence-electron chi connectivity index (χ1n) is 6.25. The van der Waals surface area contributed by atoms with E-state index in [0.717, 1.165) is 19.1 Å². The van der Waals surface area contributed by atoms with Crippen molar-refractivity contribution in [1.82, 2.24) is 8.01 Å². The fourth-order valence-electron chi connectivity index (χ4n) is 3.45. The molecule has 4 heteroatoms. The zero-order valence-corrected chi connectivity index (χ0v) is 11.7. The van der Waals surface area contributed by atoms with Crippen LogP contribution in [0, 0.1) is 22.7 Å². The molecule has 0 aromatic rings. The van der Waals surface area contributed by atoms with Crippen molar-refractivity contribution in [2.45, 2.75) is 31.7 Å². The minimum atomic E-state index is 0.327. The van der Waals surface area contributed by atoms with Crippen LogP contribution in [0.25, 0.3) is 0 Å². The highest BCUT2D eigenvalue weighted by molar-refractivity contribution is 14.1. The average Bonchev–Trinajstić information content (AvgIpc) is 2.17. The molecule has 0 bridgehead atoms. The highest BCUT2D eigenvalue weighted by Gasteiger charge is 2.49. The summed E-state index contributed by atoms with van der Waals surface area (Å²) in [4.78, 5) is 2.52. The van der Waals surface area contributed by atoms with Crippen molar-refractivity contribution < 1.29 is 0 Å². The predicted octanol–water partition coefficient (Wildman–Crippen LogP) is 2.04. The van der Waals surface area contributed by atoms with Gasteiger partial charge < -0.3 is 0 Å². The fraction of sp³-hybridized carbons (Fsp3) is 0.917. The normalized spacial score (nSPS) is 32.0. The molecule has 0 N–H and O–H groups in total. The molecule has 0 atom stereocenters. The molecule has 3 fully saturated rings. The second-order valence-electron chi connectivity index (χ2n) is 5.75. The van der Waals surface area contributed by atoms with Crippen LogP contribution in [0.4, 0.5) is 0 Å². The second-order valence-corrected chi connectivity index (χ2v) is 7.12. The highest BCUT2D eigenvalue weighted by Crippen LogP contribution is 2.52. The summed E-state index contributed by atoms with van der Waals surface area (Å²) < 4.78 is 2.42. The van der Waals surface area contributed by atoms with Crippen LogP contribution >= 0.6 is 22.9 Å². The minimum Gasteiger partial charge on any atom is -0.298 e. The standard InChI is InChI=1S/C12H18IN3/c13-16-3-1-12(2-4-16)5-11(6-12)15-8-10(7-14)9-15/h10-11H,1-6,8-9H2. The van der Waals surface area contributed by atoms with E-state index in [2.05, 4.69) is 36.9 Å². The monoisotopic (exact) mass is 331 g/mol. The molecular weight excluding hydrogens is 313 g/mol. The topological polar surface area (TPSA) is 30.3 Å². The summed E-state index contributed by atoms with van der Waals surface area (Å²) >= 11 is 2.45. The van der Waals surface area contributed by atoms with Gasteiger partial charge in [0.2, 0.25) is 0 Å². The minimum absolute atomic E-state index is 0.327. The zero-order chi connectivity index (χ0) is 11.2. The molecule has 3 rings (SSSR count). The summed E-state index contributed by atoms with van der Waals surface area (Å²) in [6, 6.07) is 3.17. The van der Waals surface area contributed by atoms with E-state index in [4.69, 9.17) is 5.26 Å². The van der Waals surface area contributed by atoms with Gasteiger partial charge in [0, 0.05) is 55.1 Å². The van der Waals surface area contributed by atoms with Gasteiger partial charge in [-0.05, 0) is 31.1 Å². The molecule has 16 heavy (non-hydrogen) atoms. The van der Waals surface area contributed by atoms with E-state index in [1.54, 1.807) is 0 Å². The van der Waals surface area contributed by atoms with Gasteiger partial charge in [0.25, 0.3) is 0 Å². The van der Waals surface area contributed by atoms with E-state index in [0.29, 0.717) is 11.3 Å². The molecule has 3 aliphatic rings. The zero-order valence-electron chi connectivity index (χ0n) is 9.53. The Morgan fingerprint density at radius 3 is 2.38 bits per heavy atom. The quantitative estimate of drug-likeness (QED) is 0.544. The Bertz CT molecular complexity index is 303. The number of nitrogens with zero attached hydrogens (tertiary/aromatic N) is 3. The van der Waals surface area contributed by atoms with Crippen molar-refractivity contribution in [2.24, 2.45) is 11.3 Å². The molecule has 2 saturated heterocycles. The van der Waals surface area contributed by atoms with Crippen LogP contribution in [0.1, 0.15) is 25.7 Å². The summed E-state index contributed by atoms with van der Waals surface area (Å²) in [7, 11) is 0. The van der Waals surface area contributed by atoms with Crippen molar-refractivity contribution in [1.29, 1.82) is 5.26 Å². The summed E-state index contributed by atoms with van der Waals surface area (Å²) in [5, 5.41) is 8.76. The van der Waals surface area contributed by atoms with E-state index in [1.165, 1.54) is 38.8 Å². The van der Waals surface area contributed by atoms with E-state index in [9.17, 15) is 0 Å². The van der Waals surface area contributed by atoms with E-state index in [-0.39, 0.29) is 0 Å². The predicted molar refractivity (Wildman–Crippen MR) is 71.0 cm³/mol. The Balaban J connectivity index is 1.47. The molecule has 0 amide bonds. The number of nitriles is 1. The van der Waals surface area contributed by atoms with Crippen molar-refractivity contribution in [3.8, 4) is 6.07 Å². The molecule has 2 aliphatic heterocycles. The summed E-state index contributed by atoms with van der Waals surface area (Å²) in [6.07, 6.45) is 5.58. The lowest BCUT2D eigenvalue weighted by molar-refractivity contribution is -0.0621. The largest absolute Gasteiger partial charge is 0.298 e. The van der Waals surface area contributed by atoms with Crippen LogP contribution in [0.2, 0.25) is 0 Å².